The molecule has 5 nitrogen and oxygen atoms in total. The van der Waals surface area contributed by atoms with Gasteiger partial charge in [-0.05, 0) is 30.9 Å². The number of rotatable bonds is 5. The van der Waals surface area contributed by atoms with Gasteiger partial charge in [0.1, 0.15) is 0 Å². The molecule has 3 rings (SSSR count). The Hall–Kier alpha value is -1.59. The van der Waals surface area contributed by atoms with Crippen LogP contribution in [0.15, 0.2) is 24.3 Å². The molecule has 2 fully saturated rings. The summed E-state index contributed by atoms with van der Waals surface area (Å²) < 4.78 is 5.52. The Bertz CT molecular complexity index is 564. The van der Waals surface area contributed by atoms with Crippen LogP contribution in [0.4, 0.5) is 4.79 Å². The molecule has 138 valence electrons. The maximum absolute atomic E-state index is 12.3. The molecule has 1 aliphatic carbocycles. The number of hydrogen-bond acceptors (Lipinski definition) is 3. The number of carbonyl (C=O) groups is 1. The normalized spacial score (nSPS) is 20.8. The third kappa shape index (κ3) is 4.73. The van der Waals surface area contributed by atoms with E-state index in [1.807, 2.05) is 12.1 Å². The lowest BCUT2D eigenvalue weighted by Crippen LogP contribution is -2.60. The van der Waals surface area contributed by atoms with Crippen molar-refractivity contribution in [2.24, 2.45) is 0 Å². The molecule has 1 saturated heterocycles. The first-order valence-corrected chi connectivity index (χ1v) is 9.59. The molecule has 5 heteroatoms. The summed E-state index contributed by atoms with van der Waals surface area (Å²) in [5, 5.41) is 6.15. The zero-order valence-corrected chi connectivity index (χ0v) is 15.4. The van der Waals surface area contributed by atoms with Gasteiger partial charge in [-0.2, -0.15) is 0 Å². The maximum atomic E-state index is 12.3. The minimum Gasteiger partial charge on any atom is -0.379 e. The third-order valence-corrected chi connectivity index (χ3v) is 5.74. The summed E-state index contributed by atoms with van der Waals surface area (Å²) >= 11 is 0. The quantitative estimate of drug-likeness (QED) is 0.863. The maximum Gasteiger partial charge on any atom is 0.315 e. The molecule has 0 atom stereocenters. The van der Waals surface area contributed by atoms with Gasteiger partial charge in [-0.3, -0.25) is 4.90 Å². The molecule has 1 aliphatic heterocycles. The smallest absolute Gasteiger partial charge is 0.315 e. The second-order valence-corrected chi connectivity index (χ2v) is 7.35. The van der Waals surface area contributed by atoms with Gasteiger partial charge in [0, 0.05) is 31.7 Å². The summed E-state index contributed by atoms with van der Waals surface area (Å²) in [6.45, 7) is 6.95. The number of benzene rings is 1. The number of aryl methyl sites for hydroxylation is 1. The third-order valence-electron chi connectivity index (χ3n) is 5.74. The number of nitrogens with one attached hydrogen (secondary N) is 2. The summed E-state index contributed by atoms with van der Waals surface area (Å²) in [6, 6.07) is 8.10. The van der Waals surface area contributed by atoms with Crippen molar-refractivity contribution < 1.29 is 9.53 Å². The molecular weight excluding hydrogens is 314 g/mol. The highest BCUT2D eigenvalue weighted by atomic mass is 16.5. The fraction of sp³-hybridized carbons (Fsp3) is 0.650. The van der Waals surface area contributed by atoms with E-state index >= 15 is 0 Å². The molecular formula is C20H31N3O2. The molecule has 1 heterocycles. The summed E-state index contributed by atoms with van der Waals surface area (Å²) in [5.74, 6) is 0. The Labute approximate surface area is 151 Å². The van der Waals surface area contributed by atoms with Crippen LogP contribution in [-0.4, -0.2) is 49.3 Å². The van der Waals surface area contributed by atoms with E-state index in [0.29, 0.717) is 6.54 Å². The Morgan fingerprint density at radius 2 is 1.84 bits per heavy atom. The van der Waals surface area contributed by atoms with Crippen molar-refractivity contribution in [3.05, 3.63) is 35.4 Å². The van der Waals surface area contributed by atoms with Gasteiger partial charge in [0.15, 0.2) is 0 Å². The first-order valence-electron chi connectivity index (χ1n) is 9.59. The number of hydrogen-bond donors (Lipinski definition) is 2. The van der Waals surface area contributed by atoms with Crippen molar-refractivity contribution in [2.45, 2.75) is 51.1 Å². The largest absolute Gasteiger partial charge is 0.379 e. The van der Waals surface area contributed by atoms with Gasteiger partial charge < -0.3 is 15.4 Å². The molecule has 0 spiro atoms. The lowest BCUT2D eigenvalue weighted by molar-refractivity contribution is -0.0357. The molecule has 25 heavy (non-hydrogen) atoms. The number of morpholine rings is 1. The van der Waals surface area contributed by atoms with Crippen LogP contribution in [0.2, 0.25) is 0 Å². The molecule has 0 radical (unpaired) electrons. The van der Waals surface area contributed by atoms with Crippen molar-refractivity contribution in [3.8, 4) is 0 Å². The van der Waals surface area contributed by atoms with E-state index in [1.54, 1.807) is 0 Å². The highest BCUT2D eigenvalue weighted by Gasteiger charge is 2.38. The molecule has 2 amide bonds. The van der Waals surface area contributed by atoms with Gasteiger partial charge in [-0.15, -0.1) is 0 Å². The Kier molecular flexibility index (Phi) is 6.32. The van der Waals surface area contributed by atoms with E-state index in [0.717, 1.165) is 32.8 Å². The minimum absolute atomic E-state index is 0.0681. The number of carbonyl (C=O) groups excluding carboxylic acids is 1. The second kappa shape index (κ2) is 8.68. The lowest BCUT2D eigenvalue weighted by Gasteiger charge is -2.48. The lowest BCUT2D eigenvalue weighted by atomic mass is 9.80. The van der Waals surface area contributed by atoms with E-state index in [-0.39, 0.29) is 11.6 Å². The SMILES string of the molecule is Cc1ccccc1CNC(=O)NCC1(N2CCOCC2)CCCCC1. The van der Waals surface area contributed by atoms with Crippen molar-refractivity contribution in [1.82, 2.24) is 15.5 Å². The Morgan fingerprint density at radius 3 is 2.56 bits per heavy atom. The number of nitrogens with zero attached hydrogens (tertiary/aromatic N) is 1. The fourth-order valence-corrected chi connectivity index (χ4v) is 4.14. The van der Waals surface area contributed by atoms with Crippen LogP contribution in [0.5, 0.6) is 0 Å². The monoisotopic (exact) mass is 345 g/mol. The van der Waals surface area contributed by atoms with E-state index in [1.165, 1.54) is 43.2 Å². The summed E-state index contributed by atoms with van der Waals surface area (Å²) in [5.41, 5.74) is 2.49. The summed E-state index contributed by atoms with van der Waals surface area (Å²) in [4.78, 5) is 14.9. The average Bonchev–Trinajstić information content (AvgIpc) is 2.67. The number of amides is 2. The highest BCUT2D eigenvalue weighted by Crippen LogP contribution is 2.33. The second-order valence-electron chi connectivity index (χ2n) is 7.35. The molecule has 0 bridgehead atoms. The molecule has 1 aromatic carbocycles. The van der Waals surface area contributed by atoms with Gasteiger partial charge in [0.25, 0.3) is 0 Å². The standard InChI is InChI=1S/C20H31N3O2/c1-17-7-3-4-8-18(17)15-21-19(24)22-16-20(9-5-2-6-10-20)23-11-13-25-14-12-23/h3-4,7-8H,2,5-6,9-16H2,1H3,(H2,21,22,24). The average molecular weight is 345 g/mol. The van der Waals surface area contributed by atoms with E-state index in [2.05, 4.69) is 34.6 Å². The summed E-state index contributed by atoms with van der Waals surface area (Å²) in [6.07, 6.45) is 6.16. The Balaban J connectivity index is 1.53. The van der Waals surface area contributed by atoms with Crippen LogP contribution in [0.25, 0.3) is 0 Å². The van der Waals surface area contributed by atoms with Crippen LogP contribution < -0.4 is 10.6 Å². The molecule has 0 unspecified atom stereocenters. The molecule has 2 aliphatic rings. The fourth-order valence-electron chi connectivity index (χ4n) is 4.14. The van der Waals surface area contributed by atoms with Gasteiger partial charge in [-0.25, -0.2) is 4.79 Å². The number of urea groups is 1. The van der Waals surface area contributed by atoms with E-state index in [4.69, 9.17) is 4.74 Å². The zero-order valence-electron chi connectivity index (χ0n) is 15.4. The predicted octanol–water partition coefficient (Wildman–Crippen LogP) is 2.83. The van der Waals surface area contributed by atoms with Crippen LogP contribution in [-0.2, 0) is 11.3 Å². The van der Waals surface area contributed by atoms with Crippen LogP contribution >= 0.6 is 0 Å². The van der Waals surface area contributed by atoms with Crippen molar-refractivity contribution in [2.75, 3.05) is 32.8 Å². The molecule has 1 saturated carbocycles. The summed E-state index contributed by atoms with van der Waals surface area (Å²) in [7, 11) is 0. The minimum atomic E-state index is -0.0681. The first kappa shape index (κ1) is 18.2. The van der Waals surface area contributed by atoms with Crippen LogP contribution in [0.3, 0.4) is 0 Å². The predicted molar refractivity (Wildman–Crippen MR) is 99.6 cm³/mol. The van der Waals surface area contributed by atoms with Crippen LogP contribution in [0, 0.1) is 6.92 Å². The van der Waals surface area contributed by atoms with Gasteiger partial charge >= 0.3 is 6.03 Å². The van der Waals surface area contributed by atoms with Gasteiger partial charge in [-0.1, -0.05) is 43.5 Å². The van der Waals surface area contributed by atoms with Gasteiger partial charge in [0.05, 0.1) is 13.2 Å². The Morgan fingerprint density at radius 1 is 1.12 bits per heavy atom. The van der Waals surface area contributed by atoms with Crippen molar-refractivity contribution >= 4 is 6.03 Å². The van der Waals surface area contributed by atoms with Crippen LogP contribution in [0.1, 0.15) is 43.2 Å². The van der Waals surface area contributed by atoms with Crippen molar-refractivity contribution in [3.63, 3.8) is 0 Å². The van der Waals surface area contributed by atoms with E-state index < -0.39 is 0 Å². The molecule has 0 aromatic heterocycles. The van der Waals surface area contributed by atoms with E-state index in [9.17, 15) is 4.79 Å². The zero-order chi connectivity index (χ0) is 17.5. The molecule has 2 N–H and O–H groups in total. The van der Waals surface area contributed by atoms with Crippen molar-refractivity contribution in [1.29, 1.82) is 0 Å². The topological polar surface area (TPSA) is 53.6 Å². The molecule has 1 aromatic rings. The number of ether oxygens (including phenoxy) is 1. The first-order chi connectivity index (χ1) is 12.2. The highest BCUT2D eigenvalue weighted by molar-refractivity contribution is 5.74. The van der Waals surface area contributed by atoms with Gasteiger partial charge in [0.2, 0.25) is 0 Å².